The van der Waals surface area contributed by atoms with Crippen LogP contribution in [0, 0.1) is 0 Å². The molecule has 1 atom stereocenters. The molecule has 0 fully saturated rings. The second-order valence-electron chi connectivity index (χ2n) is 3.46. The lowest BCUT2D eigenvalue weighted by Gasteiger charge is -2.12. The number of nitrogens with zero attached hydrogens (tertiary/aromatic N) is 1. The first-order chi connectivity index (χ1) is 7.59. The number of nitrogens with one attached hydrogen (secondary N) is 2. The maximum atomic E-state index is 11.5. The Morgan fingerprint density at radius 1 is 1.44 bits per heavy atom. The van der Waals surface area contributed by atoms with Crippen LogP contribution in [0.1, 0.15) is 19.5 Å². The molecule has 0 saturated heterocycles. The molecular formula is C11H15N3O2. The molecular weight excluding hydrogens is 206 g/mol. The van der Waals surface area contributed by atoms with E-state index in [1.54, 1.807) is 13.1 Å². The summed E-state index contributed by atoms with van der Waals surface area (Å²) in [5, 5.41) is 5.20. The van der Waals surface area contributed by atoms with Crippen molar-refractivity contribution in [3.05, 3.63) is 30.1 Å². The third-order valence-corrected chi connectivity index (χ3v) is 1.98. The molecule has 1 unspecified atom stereocenters. The van der Waals surface area contributed by atoms with Gasteiger partial charge >= 0.3 is 0 Å². The van der Waals surface area contributed by atoms with E-state index in [4.69, 9.17) is 0 Å². The normalized spacial score (nSPS) is 11.6. The molecule has 5 heteroatoms. The molecule has 2 amide bonds. The van der Waals surface area contributed by atoms with Gasteiger partial charge in [-0.15, -0.1) is 0 Å². The highest BCUT2D eigenvalue weighted by Crippen LogP contribution is 1.92. The molecule has 2 N–H and O–H groups in total. The first kappa shape index (κ1) is 12.2. The van der Waals surface area contributed by atoms with Gasteiger partial charge < -0.3 is 10.6 Å². The summed E-state index contributed by atoms with van der Waals surface area (Å²) >= 11 is 0. The molecule has 86 valence electrons. The summed E-state index contributed by atoms with van der Waals surface area (Å²) in [6.07, 6.45) is 1.67. The Kier molecular flexibility index (Phi) is 4.44. The van der Waals surface area contributed by atoms with Crippen LogP contribution in [0.2, 0.25) is 0 Å². The molecule has 16 heavy (non-hydrogen) atoms. The average molecular weight is 221 g/mol. The summed E-state index contributed by atoms with van der Waals surface area (Å²) in [4.78, 5) is 26.3. The second kappa shape index (κ2) is 5.85. The molecule has 0 radical (unpaired) electrons. The summed E-state index contributed by atoms with van der Waals surface area (Å²) in [6, 6.07) is 4.96. The zero-order valence-electron chi connectivity index (χ0n) is 9.36. The molecule has 0 aromatic carbocycles. The van der Waals surface area contributed by atoms with Gasteiger partial charge in [0.25, 0.3) is 0 Å². The van der Waals surface area contributed by atoms with Gasteiger partial charge in [-0.05, 0) is 19.1 Å². The molecule has 1 aromatic rings. The van der Waals surface area contributed by atoms with Crippen LogP contribution in [0.4, 0.5) is 0 Å². The molecule has 0 aliphatic heterocycles. The maximum Gasteiger partial charge on any atom is 0.242 e. The van der Waals surface area contributed by atoms with Crippen LogP contribution < -0.4 is 10.6 Å². The van der Waals surface area contributed by atoms with Gasteiger partial charge in [0.15, 0.2) is 0 Å². The fourth-order valence-corrected chi connectivity index (χ4v) is 1.20. The SMILES string of the molecule is CC(=O)NC(C)C(=O)NCc1ccccn1. The highest BCUT2D eigenvalue weighted by atomic mass is 16.2. The van der Waals surface area contributed by atoms with E-state index in [1.807, 2.05) is 18.2 Å². The Hall–Kier alpha value is -1.91. The van der Waals surface area contributed by atoms with Crippen molar-refractivity contribution in [2.45, 2.75) is 26.4 Å². The molecule has 0 aliphatic rings. The molecule has 1 heterocycles. The van der Waals surface area contributed by atoms with E-state index in [0.717, 1.165) is 5.69 Å². The van der Waals surface area contributed by atoms with Crippen molar-refractivity contribution in [1.29, 1.82) is 0 Å². The van der Waals surface area contributed by atoms with Crippen molar-refractivity contribution in [1.82, 2.24) is 15.6 Å². The van der Waals surface area contributed by atoms with Crippen molar-refractivity contribution < 1.29 is 9.59 Å². The Labute approximate surface area is 94.3 Å². The van der Waals surface area contributed by atoms with Crippen LogP contribution >= 0.6 is 0 Å². The summed E-state index contributed by atoms with van der Waals surface area (Å²) in [7, 11) is 0. The average Bonchev–Trinajstić information content (AvgIpc) is 2.26. The van der Waals surface area contributed by atoms with E-state index < -0.39 is 6.04 Å². The molecule has 0 aliphatic carbocycles. The molecule has 1 aromatic heterocycles. The fraction of sp³-hybridized carbons (Fsp3) is 0.364. The molecule has 0 saturated carbocycles. The van der Waals surface area contributed by atoms with E-state index >= 15 is 0 Å². The standard InChI is InChI=1S/C11H15N3O2/c1-8(14-9(2)15)11(16)13-7-10-5-3-4-6-12-10/h3-6,8H,7H2,1-2H3,(H,13,16)(H,14,15). The predicted molar refractivity (Wildman–Crippen MR) is 59.4 cm³/mol. The van der Waals surface area contributed by atoms with Crippen molar-refractivity contribution in [3.63, 3.8) is 0 Å². The summed E-state index contributed by atoms with van der Waals surface area (Å²) in [6.45, 7) is 3.38. The Morgan fingerprint density at radius 2 is 2.19 bits per heavy atom. The smallest absolute Gasteiger partial charge is 0.242 e. The maximum absolute atomic E-state index is 11.5. The topological polar surface area (TPSA) is 71.1 Å². The van der Waals surface area contributed by atoms with Gasteiger partial charge in [0.05, 0.1) is 12.2 Å². The van der Waals surface area contributed by atoms with E-state index in [1.165, 1.54) is 6.92 Å². The van der Waals surface area contributed by atoms with Crippen molar-refractivity contribution in [3.8, 4) is 0 Å². The number of hydrogen-bond acceptors (Lipinski definition) is 3. The Morgan fingerprint density at radius 3 is 2.75 bits per heavy atom. The highest BCUT2D eigenvalue weighted by Gasteiger charge is 2.12. The van der Waals surface area contributed by atoms with Crippen molar-refractivity contribution in [2.75, 3.05) is 0 Å². The number of aromatic nitrogens is 1. The van der Waals surface area contributed by atoms with E-state index in [9.17, 15) is 9.59 Å². The quantitative estimate of drug-likeness (QED) is 0.764. The van der Waals surface area contributed by atoms with Gasteiger partial charge in [-0.1, -0.05) is 6.07 Å². The van der Waals surface area contributed by atoms with Crippen molar-refractivity contribution in [2.24, 2.45) is 0 Å². The monoisotopic (exact) mass is 221 g/mol. The van der Waals surface area contributed by atoms with E-state index in [-0.39, 0.29) is 11.8 Å². The molecule has 1 rings (SSSR count). The lowest BCUT2D eigenvalue weighted by atomic mass is 10.3. The van der Waals surface area contributed by atoms with Crippen LogP contribution in [0.5, 0.6) is 0 Å². The fourth-order valence-electron chi connectivity index (χ4n) is 1.20. The molecule has 0 bridgehead atoms. The third-order valence-electron chi connectivity index (χ3n) is 1.98. The summed E-state index contributed by atoms with van der Waals surface area (Å²) in [5.41, 5.74) is 0.783. The lowest BCUT2D eigenvalue weighted by Crippen LogP contribution is -2.43. The van der Waals surface area contributed by atoms with Gasteiger partial charge in [0, 0.05) is 13.1 Å². The number of amides is 2. The van der Waals surface area contributed by atoms with E-state index in [2.05, 4.69) is 15.6 Å². The van der Waals surface area contributed by atoms with Gasteiger partial charge in [0.1, 0.15) is 6.04 Å². The summed E-state index contributed by atoms with van der Waals surface area (Å²) < 4.78 is 0. The van der Waals surface area contributed by atoms with E-state index in [0.29, 0.717) is 6.54 Å². The zero-order valence-corrected chi connectivity index (χ0v) is 9.36. The molecule has 5 nitrogen and oxygen atoms in total. The molecule has 0 spiro atoms. The van der Waals surface area contributed by atoms with Crippen LogP contribution in [0.15, 0.2) is 24.4 Å². The first-order valence-corrected chi connectivity index (χ1v) is 5.04. The van der Waals surface area contributed by atoms with Crippen LogP contribution in [0.3, 0.4) is 0 Å². The zero-order chi connectivity index (χ0) is 12.0. The number of carbonyl (C=O) groups is 2. The minimum Gasteiger partial charge on any atom is -0.349 e. The number of hydrogen-bond donors (Lipinski definition) is 2. The third kappa shape index (κ3) is 4.08. The van der Waals surface area contributed by atoms with Crippen LogP contribution in [-0.4, -0.2) is 22.8 Å². The first-order valence-electron chi connectivity index (χ1n) is 5.04. The van der Waals surface area contributed by atoms with Gasteiger partial charge in [0.2, 0.25) is 11.8 Å². The minimum absolute atomic E-state index is 0.221. The Bertz CT molecular complexity index is 365. The number of carbonyl (C=O) groups excluding carboxylic acids is 2. The van der Waals surface area contributed by atoms with Crippen molar-refractivity contribution >= 4 is 11.8 Å². The minimum atomic E-state index is -0.527. The largest absolute Gasteiger partial charge is 0.349 e. The predicted octanol–water partition coefficient (Wildman–Crippen LogP) is 0.222. The Balaban J connectivity index is 2.38. The number of pyridine rings is 1. The second-order valence-corrected chi connectivity index (χ2v) is 3.46. The highest BCUT2D eigenvalue weighted by molar-refractivity contribution is 5.86. The van der Waals surface area contributed by atoms with Crippen LogP contribution in [-0.2, 0) is 16.1 Å². The van der Waals surface area contributed by atoms with Gasteiger partial charge in [-0.3, -0.25) is 14.6 Å². The number of rotatable bonds is 4. The van der Waals surface area contributed by atoms with Crippen LogP contribution in [0.25, 0.3) is 0 Å². The van der Waals surface area contributed by atoms with Gasteiger partial charge in [-0.25, -0.2) is 0 Å². The lowest BCUT2D eigenvalue weighted by molar-refractivity contribution is -0.127. The summed E-state index contributed by atoms with van der Waals surface area (Å²) in [5.74, 6) is -0.443. The van der Waals surface area contributed by atoms with Gasteiger partial charge in [-0.2, -0.15) is 0 Å².